The summed E-state index contributed by atoms with van der Waals surface area (Å²) < 4.78 is 19.8. The highest BCUT2D eigenvalue weighted by Crippen LogP contribution is 2.30. The molecule has 2 nitrogen and oxygen atoms in total. The number of rotatable bonds is 3. The van der Waals surface area contributed by atoms with Crippen molar-refractivity contribution in [3.05, 3.63) is 63.4 Å². The van der Waals surface area contributed by atoms with Crippen molar-refractivity contribution >= 4 is 21.7 Å². The van der Waals surface area contributed by atoms with Crippen LogP contribution in [0, 0.1) is 5.82 Å². The van der Waals surface area contributed by atoms with E-state index in [4.69, 9.17) is 4.74 Å². The van der Waals surface area contributed by atoms with Gasteiger partial charge in [-0.05, 0) is 42.7 Å². The number of ether oxygens (including phenoxy) is 1. The largest absolute Gasteiger partial charge is 0.489 e. The average Bonchev–Trinajstić information content (AvgIpc) is 2.45. The number of hydrogen-bond acceptors (Lipinski definition) is 2. The minimum absolute atomic E-state index is 0.176. The van der Waals surface area contributed by atoms with Crippen LogP contribution in [0.5, 0.6) is 5.75 Å². The van der Waals surface area contributed by atoms with Gasteiger partial charge in [-0.3, -0.25) is 4.79 Å². The van der Waals surface area contributed by atoms with Crippen molar-refractivity contribution in [2.45, 2.75) is 25.9 Å². The molecule has 3 rings (SSSR count). The predicted octanol–water partition coefficient (Wildman–Crippen LogP) is 4.69. The summed E-state index contributed by atoms with van der Waals surface area (Å²) in [4.78, 5) is 11.9. The minimum Gasteiger partial charge on any atom is -0.489 e. The molecule has 0 unspecified atom stereocenters. The molecule has 1 aliphatic carbocycles. The van der Waals surface area contributed by atoms with Crippen LogP contribution in [0.4, 0.5) is 4.39 Å². The maximum absolute atomic E-state index is 13.3. The van der Waals surface area contributed by atoms with Crippen LogP contribution in [0.1, 0.15) is 34.3 Å². The van der Waals surface area contributed by atoms with Gasteiger partial charge in [-0.1, -0.05) is 28.1 Å². The van der Waals surface area contributed by atoms with Crippen molar-refractivity contribution in [2.75, 3.05) is 0 Å². The third-order valence-electron chi connectivity index (χ3n) is 3.58. The maximum atomic E-state index is 13.3. The number of ketones is 1. The van der Waals surface area contributed by atoms with Crippen molar-refractivity contribution in [2.24, 2.45) is 0 Å². The Balaban J connectivity index is 1.82. The number of halogens is 2. The molecule has 0 N–H and O–H groups in total. The lowest BCUT2D eigenvalue weighted by atomic mass is 9.90. The third kappa shape index (κ3) is 3.16. The van der Waals surface area contributed by atoms with Crippen molar-refractivity contribution in [1.29, 1.82) is 0 Å². The van der Waals surface area contributed by atoms with E-state index in [-0.39, 0.29) is 18.2 Å². The molecule has 2 aromatic rings. The zero-order valence-electron chi connectivity index (χ0n) is 11.4. The van der Waals surface area contributed by atoms with Gasteiger partial charge in [0.05, 0.1) is 0 Å². The zero-order chi connectivity index (χ0) is 14.8. The van der Waals surface area contributed by atoms with Gasteiger partial charge in [0.25, 0.3) is 0 Å². The molecule has 0 radical (unpaired) electrons. The Bertz CT molecular complexity index is 677. The van der Waals surface area contributed by atoms with E-state index >= 15 is 0 Å². The molecule has 0 fully saturated rings. The van der Waals surface area contributed by atoms with E-state index in [9.17, 15) is 9.18 Å². The molecule has 0 heterocycles. The van der Waals surface area contributed by atoms with E-state index in [1.807, 2.05) is 24.3 Å². The molecule has 1 aliphatic rings. The fourth-order valence-electron chi connectivity index (χ4n) is 2.64. The second-order valence-electron chi connectivity index (χ2n) is 5.13. The molecule has 0 saturated heterocycles. The van der Waals surface area contributed by atoms with Gasteiger partial charge in [0.15, 0.2) is 5.78 Å². The lowest BCUT2D eigenvalue weighted by Crippen LogP contribution is -2.12. The summed E-state index contributed by atoms with van der Waals surface area (Å²) in [6.07, 6.45) is 2.31. The summed E-state index contributed by atoms with van der Waals surface area (Å²) >= 11 is 3.27. The summed E-state index contributed by atoms with van der Waals surface area (Å²) in [5, 5.41) is 0. The van der Waals surface area contributed by atoms with Gasteiger partial charge in [-0.2, -0.15) is 0 Å². The first-order chi connectivity index (χ1) is 10.1. The Morgan fingerprint density at radius 2 is 2.05 bits per heavy atom. The van der Waals surface area contributed by atoms with Crippen molar-refractivity contribution in [3.63, 3.8) is 0 Å². The van der Waals surface area contributed by atoms with Crippen molar-refractivity contribution in [1.82, 2.24) is 0 Å². The second kappa shape index (κ2) is 5.98. The molecule has 108 valence electrons. The number of fused-ring (bicyclic) bond motifs is 1. The second-order valence-corrected chi connectivity index (χ2v) is 6.04. The average molecular weight is 349 g/mol. The Kier molecular flexibility index (Phi) is 4.06. The van der Waals surface area contributed by atoms with Crippen LogP contribution in [-0.4, -0.2) is 5.78 Å². The number of hydrogen-bond donors (Lipinski definition) is 0. The molecule has 0 spiro atoms. The zero-order valence-corrected chi connectivity index (χ0v) is 13.0. The molecule has 21 heavy (non-hydrogen) atoms. The van der Waals surface area contributed by atoms with Crippen LogP contribution in [0.3, 0.4) is 0 Å². The van der Waals surface area contributed by atoms with E-state index in [1.54, 1.807) is 0 Å². The molecule has 4 heteroatoms. The molecular formula is C17H14BrFO2. The molecule has 0 amide bonds. The number of carbonyl (C=O) groups excluding carboxylic acids is 1. The highest BCUT2D eigenvalue weighted by atomic mass is 79.9. The van der Waals surface area contributed by atoms with Gasteiger partial charge in [0, 0.05) is 22.0 Å². The highest BCUT2D eigenvalue weighted by molar-refractivity contribution is 9.10. The smallest absolute Gasteiger partial charge is 0.163 e. The topological polar surface area (TPSA) is 26.3 Å². The Hall–Kier alpha value is -1.68. The molecule has 0 aromatic heterocycles. The van der Waals surface area contributed by atoms with Gasteiger partial charge < -0.3 is 4.74 Å². The van der Waals surface area contributed by atoms with E-state index in [0.717, 1.165) is 35.3 Å². The van der Waals surface area contributed by atoms with Crippen molar-refractivity contribution in [3.8, 4) is 5.75 Å². The SMILES string of the molecule is O=C1CCCc2c(OCc3cc(F)cc(Br)c3)cccc21. The Morgan fingerprint density at radius 3 is 2.86 bits per heavy atom. The van der Waals surface area contributed by atoms with Gasteiger partial charge in [-0.25, -0.2) is 4.39 Å². The molecule has 0 atom stereocenters. The molecule has 0 bridgehead atoms. The summed E-state index contributed by atoms with van der Waals surface area (Å²) in [7, 11) is 0. The lowest BCUT2D eigenvalue weighted by Gasteiger charge is -2.18. The first-order valence-electron chi connectivity index (χ1n) is 6.86. The molecule has 2 aromatic carbocycles. The fourth-order valence-corrected chi connectivity index (χ4v) is 3.15. The summed E-state index contributed by atoms with van der Waals surface area (Å²) in [5.74, 6) is 0.601. The van der Waals surface area contributed by atoms with Crippen LogP contribution in [0.25, 0.3) is 0 Å². The summed E-state index contributed by atoms with van der Waals surface area (Å²) in [6.45, 7) is 0.279. The molecule has 0 saturated carbocycles. The first kappa shape index (κ1) is 14.3. The van der Waals surface area contributed by atoms with Crippen LogP contribution in [0.15, 0.2) is 40.9 Å². The van der Waals surface area contributed by atoms with Crippen LogP contribution in [0.2, 0.25) is 0 Å². The molecule has 0 aliphatic heterocycles. The van der Waals surface area contributed by atoms with Gasteiger partial charge in [0.1, 0.15) is 18.2 Å². The van der Waals surface area contributed by atoms with Crippen LogP contribution >= 0.6 is 15.9 Å². The van der Waals surface area contributed by atoms with Crippen LogP contribution in [-0.2, 0) is 13.0 Å². The highest BCUT2D eigenvalue weighted by Gasteiger charge is 2.20. The van der Waals surface area contributed by atoms with E-state index in [0.29, 0.717) is 10.9 Å². The first-order valence-corrected chi connectivity index (χ1v) is 7.65. The van der Waals surface area contributed by atoms with Gasteiger partial charge in [0.2, 0.25) is 0 Å². The summed E-state index contributed by atoms with van der Waals surface area (Å²) in [5.41, 5.74) is 2.49. The minimum atomic E-state index is -0.298. The monoisotopic (exact) mass is 348 g/mol. The maximum Gasteiger partial charge on any atom is 0.163 e. The third-order valence-corrected chi connectivity index (χ3v) is 4.04. The number of carbonyl (C=O) groups is 1. The summed E-state index contributed by atoms with van der Waals surface area (Å²) in [6, 6.07) is 10.2. The predicted molar refractivity (Wildman–Crippen MR) is 82.1 cm³/mol. The van der Waals surface area contributed by atoms with E-state index in [2.05, 4.69) is 15.9 Å². The van der Waals surface area contributed by atoms with E-state index < -0.39 is 0 Å². The van der Waals surface area contributed by atoms with E-state index in [1.165, 1.54) is 12.1 Å². The van der Waals surface area contributed by atoms with Crippen molar-refractivity contribution < 1.29 is 13.9 Å². The van der Waals surface area contributed by atoms with Gasteiger partial charge in [-0.15, -0.1) is 0 Å². The fraction of sp³-hybridized carbons (Fsp3) is 0.235. The quantitative estimate of drug-likeness (QED) is 0.804. The van der Waals surface area contributed by atoms with Crippen LogP contribution < -0.4 is 4.74 Å². The number of benzene rings is 2. The normalized spacial score (nSPS) is 13.9. The molecular weight excluding hydrogens is 335 g/mol. The number of Topliss-reactive ketones (excluding diaryl/α,β-unsaturated/α-hetero) is 1. The van der Waals surface area contributed by atoms with Gasteiger partial charge >= 0.3 is 0 Å². The Morgan fingerprint density at radius 1 is 1.19 bits per heavy atom. The Labute approximate surface area is 131 Å². The standard InChI is InChI=1S/C17H14BrFO2/c18-12-7-11(8-13(19)9-12)10-21-17-6-2-3-14-15(17)4-1-5-16(14)20/h2-3,6-9H,1,4-5,10H2. The lowest BCUT2D eigenvalue weighted by molar-refractivity contribution is 0.0971.